The molecular formula is C17H17N3O. The van der Waals surface area contributed by atoms with Gasteiger partial charge in [0.2, 0.25) is 0 Å². The van der Waals surface area contributed by atoms with Gasteiger partial charge in [-0.1, -0.05) is 18.2 Å². The van der Waals surface area contributed by atoms with Gasteiger partial charge in [-0.25, -0.2) is 0 Å². The van der Waals surface area contributed by atoms with E-state index in [1.165, 1.54) is 0 Å². The second-order valence-electron chi connectivity index (χ2n) is 4.89. The number of hydrogen-bond donors (Lipinski definition) is 2. The maximum absolute atomic E-state index is 12.8. The van der Waals surface area contributed by atoms with Gasteiger partial charge in [-0.3, -0.25) is 4.79 Å². The first-order valence-electron chi connectivity index (χ1n) is 6.94. The van der Waals surface area contributed by atoms with Crippen LogP contribution in [-0.2, 0) is 0 Å². The molecule has 4 heteroatoms. The van der Waals surface area contributed by atoms with Crippen LogP contribution in [0.5, 0.6) is 0 Å². The third kappa shape index (κ3) is 2.36. The number of nitrogen functional groups attached to an aromatic ring is 1. The number of nitrogens with one attached hydrogen (secondary N) is 1. The highest BCUT2D eigenvalue weighted by Crippen LogP contribution is 2.24. The Kier molecular flexibility index (Phi) is 3.36. The van der Waals surface area contributed by atoms with E-state index in [4.69, 9.17) is 5.73 Å². The van der Waals surface area contributed by atoms with Crippen molar-refractivity contribution in [3.05, 3.63) is 60.3 Å². The first-order valence-corrected chi connectivity index (χ1v) is 6.94. The van der Waals surface area contributed by atoms with Gasteiger partial charge in [0, 0.05) is 35.0 Å². The van der Waals surface area contributed by atoms with E-state index in [1.807, 2.05) is 55.5 Å². The molecule has 21 heavy (non-hydrogen) atoms. The molecule has 3 aromatic rings. The topological polar surface area (TPSA) is 62.1 Å². The van der Waals surface area contributed by atoms with Gasteiger partial charge in [0.05, 0.1) is 5.56 Å². The molecule has 0 atom stereocenters. The van der Waals surface area contributed by atoms with Crippen LogP contribution < -0.4 is 10.6 Å². The van der Waals surface area contributed by atoms with Gasteiger partial charge in [0.1, 0.15) is 0 Å². The number of benzene rings is 2. The summed E-state index contributed by atoms with van der Waals surface area (Å²) in [5.41, 5.74) is 8.89. The number of amides is 1. The molecule has 0 saturated carbocycles. The lowest BCUT2D eigenvalue weighted by atomic mass is 10.1. The number of nitrogens with zero attached hydrogens (tertiary/aromatic N) is 1. The minimum Gasteiger partial charge on any atom is -0.399 e. The molecule has 1 aromatic heterocycles. The number of fused-ring (bicyclic) bond motifs is 1. The molecule has 4 nitrogen and oxygen atoms in total. The predicted molar refractivity (Wildman–Crippen MR) is 86.5 cm³/mol. The molecule has 0 spiro atoms. The highest BCUT2D eigenvalue weighted by Gasteiger charge is 2.19. The Labute approximate surface area is 123 Å². The van der Waals surface area contributed by atoms with Crippen molar-refractivity contribution in [3.8, 4) is 0 Å². The molecule has 0 aliphatic rings. The van der Waals surface area contributed by atoms with E-state index in [9.17, 15) is 4.79 Å². The molecule has 2 aromatic carbocycles. The summed E-state index contributed by atoms with van der Waals surface area (Å²) in [6.07, 6.45) is 1.75. The van der Waals surface area contributed by atoms with Gasteiger partial charge in [-0.2, -0.15) is 0 Å². The van der Waals surface area contributed by atoms with Gasteiger partial charge in [0.15, 0.2) is 0 Å². The van der Waals surface area contributed by atoms with E-state index in [0.29, 0.717) is 17.8 Å². The third-order valence-electron chi connectivity index (χ3n) is 3.57. The van der Waals surface area contributed by atoms with E-state index in [1.54, 1.807) is 11.1 Å². The Balaban J connectivity index is 2.03. The minimum absolute atomic E-state index is 0.0141. The van der Waals surface area contributed by atoms with Crippen LogP contribution in [0, 0.1) is 0 Å². The Bertz CT molecular complexity index is 777. The van der Waals surface area contributed by atoms with Crippen molar-refractivity contribution in [2.24, 2.45) is 0 Å². The van der Waals surface area contributed by atoms with E-state index < -0.39 is 0 Å². The molecule has 106 valence electrons. The van der Waals surface area contributed by atoms with Crippen LogP contribution in [0.25, 0.3) is 10.9 Å². The van der Waals surface area contributed by atoms with Crippen molar-refractivity contribution < 1.29 is 4.79 Å². The SMILES string of the molecule is CCN(C(=O)c1c[nH]c2cc(N)ccc12)c1ccccc1. The van der Waals surface area contributed by atoms with Gasteiger partial charge < -0.3 is 15.6 Å². The van der Waals surface area contributed by atoms with E-state index in [0.717, 1.165) is 16.6 Å². The minimum atomic E-state index is -0.0141. The molecule has 0 fully saturated rings. The molecule has 0 bridgehead atoms. The Morgan fingerprint density at radius 3 is 2.67 bits per heavy atom. The smallest absolute Gasteiger partial charge is 0.260 e. The van der Waals surface area contributed by atoms with Gasteiger partial charge in [0.25, 0.3) is 5.91 Å². The largest absolute Gasteiger partial charge is 0.399 e. The average Bonchev–Trinajstić information content (AvgIpc) is 2.92. The fraction of sp³-hybridized carbons (Fsp3) is 0.118. The normalized spacial score (nSPS) is 10.7. The van der Waals surface area contributed by atoms with Crippen LogP contribution in [0.4, 0.5) is 11.4 Å². The lowest BCUT2D eigenvalue weighted by molar-refractivity contribution is 0.0990. The monoisotopic (exact) mass is 279 g/mol. The lowest BCUT2D eigenvalue weighted by Crippen LogP contribution is -2.30. The Morgan fingerprint density at radius 1 is 1.19 bits per heavy atom. The maximum atomic E-state index is 12.8. The van der Waals surface area contributed by atoms with E-state index in [2.05, 4.69) is 4.98 Å². The third-order valence-corrected chi connectivity index (χ3v) is 3.57. The van der Waals surface area contributed by atoms with Crippen molar-refractivity contribution >= 4 is 28.2 Å². The molecule has 0 radical (unpaired) electrons. The van der Waals surface area contributed by atoms with Crippen molar-refractivity contribution in [3.63, 3.8) is 0 Å². The fourth-order valence-corrected chi connectivity index (χ4v) is 2.52. The second-order valence-corrected chi connectivity index (χ2v) is 4.89. The molecule has 3 rings (SSSR count). The summed E-state index contributed by atoms with van der Waals surface area (Å²) in [4.78, 5) is 17.7. The maximum Gasteiger partial charge on any atom is 0.260 e. The highest BCUT2D eigenvalue weighted by molar-refractivity contribution is 6.14. The number of carbonyl (C=O) groups is 1. The number of para-hydroxylation sites is 1. The molecule has 0 unspecified atom stereocenters. The summed E-state index contributed by atoms with van der Waals surface area (Å²) < 4.78 is 0. The number of carbonyl (C=O) groups excluding carboxylic acids is 1. The molecule has 1 amide bonds. The highest BCUT2D eigenvalue weighted by atomic mass is 16.2. The number of aromatic amines is 1. The summed E-state index contributed by atoms with van der Waals surface area (Å²) in [7, 11) is 0. The van der Waals surface area contributed by atoms with Crippen LogP contribution in [0.15, 0.2) is 54.7 Å². The number of aromatic nitrogens is 1. The summed E-state index contributed by atoms with van der Waals surface area (Å²) in [6.45, 7) is 2.59. The zero-order chi connectivity index (χ0) is 14.8. The van der Waals surface area contributed by atoms with Crippen molar-refractivity contribution in [1.82, 2.24) is 4.98 Å². The van der Waals surface area contributed by atoms with Crippen molar-refractivity contribution in [1.29, 1.82) is 0 Å². The molecular weight excluding hydrogens is 262 g/mol. The number of hydrogen-bond acceptors (Lipinski definition) is 2. The summed E-state index contributed by atoms with van der Waals surface area (Å²) in [5, 5.41) is 0.892. The molecule has 0 aliphatic carbocycles. The Morgan fingerprint density at radius 2 is 1.95 bits per heavy atom. The number of anilines is 2. The van der Waals surface area contributed by atoms with Crippen LogP contribution >= 0.6 is 0 Å². The van der Waals surface area contributed by atoms with E-state index in [-0.39, 0.29) is 5.91 Å². The first kappa shape index (κ1) is 13.2. The van der Waals surface area contributed by atoms with Crippen LogP contribution in [0.1, 0.15) is 17.3 Å². The predicted octanol–water partition coefficient (Wildman–Crippen LogP) is 3.42. The van der Waals surface area contributed by atoms with E-state index >= 15 is 0 Å². The molecule has 0 saturated heterocycles. The lowest BCUT2D eigenvalue weighted by Gasteiger charge is -2.20. The summed E-state index contributed by atoms with van der Waals surface area (Å²) in [6, 6.07) is 15.2. The fourth-order valence-electron chi connectivity index (χ4n) is 2.52. The van der Waals surface area contributed by atoms with Crippen LogP contribution in [0.3, 0.4) is 0 Å². The van der Waals surface area contributed by atoms with Gasteiger partial charge >= 0.3 is 0 Å². The number of H-pyrrole nitrogens is 1. The molecule has 0 aliphatic heterocycles. The first-order chi connectivity index (χ1) is 10.2. The quantitative estimate of drug-likeness (QED) is 0.722. The zero-order valence-corrected chi connectivity index (χ0v) is 11.8. The van der Waals surface area contributed by atoms with Gasteiger partial charge in [-0.05, 0) is 37.3 Å². The van der Waals surface area contributed by atoms with Crippen LogP contribution in [0.2, 0.25) is 0 Å². The Hall–Kier alpha value is -2.75. The summed E-state index contributed by atoms with van der Waals surface area (Å²) in [5.74, 6) is -0.0141. The molecule has 1 heterocycles. The molecule has 3 N–H and O–H groups in total. The van der Waals surface area contributed by atoms with Crippen molar-refractivity contribution in [2.75, 3.05) is 17.2 Å². The van der Waals surface area contributed by atoms with Crippen LogP contribution in [-0.4, -0.2) is 17.4 Å². The van der Waals surface area contributed by atoms with Gasteiger partial charge in [-0.15, -0.1) is 0 Å². The second kappa shape index (κ2) is 5.32. The number of rotatable bonds is 3. The van der Waals surface area contributed by atoms with Crippen molar-refractivity contribution in [2.45, 2.75) is 6.92 Å². The average molecular weight is 279 g/mol. The summed E-state index contributed by atoms with van der Waals surface area (Å²) >= 11 is 0. The standard InChI is InChI=1S/C17H17N3O/c1-2-20(13-6-4-3-5-7-13)17(21)15-11-19-16-10-12(18)8-9-14(15)16/h3-11,19H,2,18H2,1H3. The number of nitrogens with two attached hydrogens (primary N) is 1. The zero-order valence-electron chi connectivity index (χ0n) is 11.8.